The molecule has 0 amide bonds. The van der Waals surface area contributed by atoms with Gasteiger partial charge < -0.3 is 10.7 Å². The van der Waals surface area contributed by atoms with Crippen LogP contribution < -0.4 is 5.73 Å². The zero-order valence-corrected chi connectivity index (χ0v) is 7.05. The lowest BCUT2D eigenvalue weighted by Gasteiger charge is -1.95. The lowest BCUT2D eigenvalue weighted by atomic mass is 10.2. The summed E-state index contributed by atoms with van der Waals surface area (Å²) in [6, 6.07) is 2.00. The van der Waals surface area contributed by atoms with Crippen LogP contribution in [0, 0.1) is 13.8 Å². The van der Waals surface area contributed by atoms with E-state index in [1.165, 1.54) is 0 Å². The maximum absolute atomic E-state index is 5.50. The molecule has 0 bridgehead atoms. The minimum atomic E-state index is 0.422. The van der Waals surface area contributed by atoms with Crippen molar-refractivity contribution in [2.24, 2.45) is 0 Å². The third-order valence-electron chi connectivity index (χ3n) is 1.81. The molecule has 0 fully saturated rings. The molecule has 0 aliphatic heterocycles. The van der Waals surface area contributed by atoms with Gasteiger partial charge in [-0.25, -0.2) is 4.98 Å². The van der Waals surface area contributed by atoms with Gasteiger partial charge in [0.25, 0.3) is 0 Å². The number of hydrogen-bond acceptors (Lipinski definition) is 3. The predicted molar refractivity (Wildman–Crippen MR) is 47.8 cm³/mol. The van der Waals surface area contributed by atoms with Crippen LogP contribution in [0.15, 0.2) is 6.07 Å². The van der Waals surface area contributed by atoms with Gasteiger partial charge in [-0.05, 0) is 25.5 Å². The Balaban J connectivity index is 2.88. The molecular formula is C8H10N4. The smallest absolute Gasteiger partial charge is 0.200 e. The number of nitrogens with zero attached hydrogens (tertiary/aromatic N) is 2. The van der Waals surface area contributed by atoms with Gasteiger partial charge in [-0.3, -0.25) is 0 Å². The minimum Gasteiger partial charge on any atom is -0.369 e. The Labute approximate surface area is 69.8 Å². The highest BCUT2D eigenvalue weighted by molar-refractivity contribution is 5.76. The molecule has 0 aromatic carbocycles. The Kier molecular flexibility index (Phi) is 1.30. The van der Waals surface area contributed by atoms with Gasteiger partial charge in [0.1, 0.15) is 0 Å². The van der Waals surface area contributed by atoms with Gasteiger partial charge in [0.15, 0.2) is 11.6 Å². The molecule has 12 heavy (non-hydrogen) atoms. The molecule has 0 unspecified atom stereocenters. The van der Waals surface area contributed by atoms with Crippen molar-refractivity contribution in [2.45, 2.75) is 13.8 Å². The van der Waals surface area contributed by atoms with Crippen LogP contribution in [0.4, 0.5) is 5.95 Å². The molecule has 0 saturated heterocycles. The molecule has 0 aliphatic carbocycles. The largest absolute Gasteiger partial charge is 0.369 e. The van der Waals surface area contributed by atoms with Crippen LogP contribution in [0.3, 0.4) is 0 Å². The van der Waals surface area contributed by atoms with Gasteiger partial charge >= 0.3 is 0 Å². The second kappa shape index (κ2) is 2.20. The van der Waals surface area contributed by atoms with E-state index in [1.807, 2.05) is 19.9 Å². The summed E-state index contributed by atoms with van der Waals surface area (Å²) in [5.41, 5.74) is 9.22. The van der Waals surface area contributed by atoms with Crippen molar-refractivity contribution in [1.82, 2.24) is 15.0 Å². The van der Waals surface area contributed by atoms with Crippen LogP contribution in [0.25, 0.3) is 11.2 Å². The fraction of sp³-hybridized carbons (Fsp3) is 0.250. The summed E-state index contributed by atoms with van der Waals surface area (Å²) in [5, 5.41) is 0. The molecule has 0 saturated carbocycles. The van der Waals surface area contributed by atoms with Gasteiger partial charge in [-0.1, -0.05) is 0 Å². The number of nitrogens with one attached hydrogen (secondary N) is 1. The van der Waals surface area contributed by atoms with Crippen LogP contribution in [0.1, 0.15) is 11.3 Å². The monoisotopic (exact) mass is 162 g/mol. The fourth-order valence-corrected chi connectivity index (χ4v) is 1.32. The normalized spacial score (nSPS) is 10.8. The van der Waals surface area contributed by atoms with Gasteiger partial charge in [-0.2, -0.15) is 4.98 Å². The lowest BCUT2D eigenvalue weighted by Crippen LogP contribution is -1.85. The van der Waals surface area contributed by atoms with E-state index in [0.717, 1.165) is 16.8 Å². The van der Waals surface area contributed by atoms with E-state index in [2.05, 4.69) is 15.0 Å². The lowest BCUT2D eigenvalue weighted by molar-refractivity contribution is 1.21. The summed E-state index contributed by atoms with van der Waals surface area (Å²) in [4.78, 5) is 11.2. The fourth-order valence-electron chi connectivity index (χ4n) is 1.32. The van der Waals surface area contributed by atoms with Gasteiger partial charge in [0.2, 0.25) is 0 Å². The Hall–Kier alpha value is -1.58. The first-order valence-corrected chi connectivity index (χ1v) is 3.76. The van der Waals surface area contributed by atoms with Crippen molar-refractivity contribution in [3.63, 3.8) is 0 Å². The molecular weight excluding hydrogens is 152 g/mol. The van der Waals surface area contributed by atoms with E-state index in [-0.39, 0.29) is 0 Å². The molecule has 2 heterocycles. The second-order valence-electron chi connectivity index (χ2n) is 2.90. The second-order valence-corrected chi connectivity index (χ2v) is 2.90. The zero-order chi connectivity index (χ0) is 8.72. The maximum atomic E-state index is 5.50. The summed E-state index contributed by atoms with van der Waals surface area (Å²) in [7, 11) is 0. The van der Waals surface area contributed by atoms with Gasteiger partial charge in [0.05, 0.1) is 5.52 Å². The summed E-state index contributed by atoms with van der Waals surface area (Å²) >= 11 is 0. The first kappa shape index (κ1) is 7.09. The molecule has 62 valence electrons. The topological polar surface area (TPSA) is 67.6 Å². The first-order chi connectivity index (χ1) is 5.66. The van der Waals surface area contributed by atoms with Crippen molar-refractivity contribution in [3.05, 3.63) is 17.3 Å². The number of aromatic nitrogens is 3. The zero-order valence-electron chi connectivity index (χ0n) is 7.05. The molecule has 2 aromatic rings. The van der Waals surface area contributed by atoms with E-state index in [9.17, 15) is 0 Å². The van der Waals surface area contributed by atoms with E-state index < -0.39 is 0 Å². The van der Waals surface area contributed by atoms with Crippen LogP contribution in [0.2, 0.25) is 0 Å². The van der Waals surface area contributed by atoms with Crippen LogP contribution >= 0.6 is 0 Å². The molecule has 0 radical (unpaired) electrons. The summed E-state index contributed by atoms with van der Waals surface area (Å²) in [6.07, 6.45) is 0. The Morgan fingerprint density at radius 2 is 2.08 bits per heavy atom. The number of aryl methyl sites for hydroxylation is 2. The van der Waals surface area contributed by atoms with Crippen molar-refractivity contribution in [1.29, 1.82) is 0 Å². The van der Waals surface area contributed by atoms with E-state index in [1.54, 1.807) is 0 Å². The van der Waals surface area contributed by atoms with Gasteiger partial charge in [0, 0.05) is 5.69 Å². The summed E-state index contributed by atoms with van der Waals surface area (Å²) in [5.74, 6) is 0.422. The number of nitrogen functional groups attached to an aromatic ring is 1. The molecule has 2 rings (SSSR count). The molecule has 4 nitrogen and oxygen atoms in total. The number of fused-ring (bicyclic) bond motifs is 1. The number of H-pyrrole nitrogens is 1. The van der Waals surface area contributed by atoms with E-state index >= 15 is 0 Å². The van der Waals surface area contributed by atoms with E-state index in [0.29, 0.717) is 11.6 Å². The highest BCUT2D eigenvalue weighted by atomic mass is 15.1. The van der Waals surface area contributed by atoms with Crippen molar-refractivity contribution in [3.8, 4) is 0 Å². The highest BCUT2D eigenvalue weighted by Gasteiger charge is 2.03. The third-order valence-corrected chi connectivity index (χ3v) is 1.81. The minimum absolute atomic E-state index is 0.422. The SMILES string of the molecule is Cc1cc(C)c2[nH]c(N)nc2n1. The van der Waals surface area contributed by atoms with E-state index in [4.69, 9.17) is 5.73 Å². The predicted octanol–water partition coefficient (Wildman–Crippen LogP) is 1.16. The Morgan fingerprint density at radius 1 is 1.33 bits per heavy atom. The number of imidazole rings is 1. The summed E-state index contributed by atoms with van der Waals surface area (Å²) in [6.45, 7) is 3.95. The average molecular weight is 162 g/mol. The Bertz CT molecular complexity index is 430. The number of aromatic amines is 1. The van der Waals surface area contributed by atoms with Crippen molar-refractivity contribution >= 4 is 17.1 Å². The van der Waals surface area contributed by atoms with Crippen molar-refractivity contribution < 1.29 is 0 Å². The molecule has 0 aliphatic rings. The number of hydrogen-bond donors (Lipinski definition) is 2. The van der Waals surface area contributed by atoms with Crippen LogP contribution in [-0.2, 0) is 0 Å². The maximum Gasteiger partial charge on any atom is 0.200 e. The first-order valence-electron chi connectivity index (χ1n) is 3.76. The standard InChI is InChI=1S/C8H10N4/c1-4-3-5(2)10-7-6(4)11-8(9)12-7/h3H,1-2H3,(H3,9,10,11,12). The highest BCUT2D eigenvalue weighted by Crippen LogP contribution is 2.15. The van der Waals surface area contributed by atoms with Crippen molar-refractivity contribution in [2.75, 3.05) is 5.73 Å². The quantitative estimate of drug-likeness (QED) is 0.610. The molecule has 0 spiro atoms. The van der Waals surface area contributed by atoms with Crippen LogP contribution in [-0.4, -0.2) is 15.0 Å². The third kappa shape index (κ3) is 0.922. The number of rotatable bonds is 0. The molecule has 4 heteroatoms. The number of anilines is 1. The number of pyridine rings is 1. The summed E-state index contributed by atoms with van der Waals surface area (Å²) < 4.78 is 0. The molecule has 2 aromatic heterocycles. The Morgan fingerprint density at radius 3 is 2.83 bits per heavy atom. The van der Waals surface area contributed by atoms with Crippen LogP contribution in [0.5, 0.6) is 0 Å². The molecule has 3 N–H and O–H groups in total. The number of nitrogens with two attached hydrogens (primary N) is 1. The average Bonchev–Trinajstić information content (AvgIpc) is 2.29. The molecule has 0 atom stereocenters. The van der Waals surface area contributed by atoms with Gasteiger partial charge in [-0.15, -0.1) is 0 Å².